The zero-order valence-electron chi connectivity index (χ0n) is 13.9. The van der Waals surface area contributed by atoms with E-state index in [-0.39, 0.29) is 6.04 Å². The third-order valence-electron chi connectivity index (χ3n) is 4.69. The largest absolute Gasteiger partial charge is 0.327 e. The maximum absolute atomic E-state index is 6.33. The van der Waals surface area contributed by atoms with Crippen molar-refractivity contribution in [2.45, 2.75) is 39.3 Å². The topological polar surface area (TPSA) is 29.3 Å². The molecule has 2 N–H and O–H groups in total. The molecule has 1 aliphatic rings. The fourth-order valence-corrected chi connectivity index (χ4v) is 4.54. The SMILES string of the molecule is Cc1ccc(C)c(CN2CC(N)CC(Cc3csc(Cl)c3)C2)c1. The Labute approximate surface area is 148 Å². The summed E-state index contributed by atoms with van der Waals surface area (Å²) < 4.78 is 0.882. The lowest BCUT2D eigenvalue weighted by atomic mass is 9.89. The number of halogens is 1. The Morgan fingerprint density at radius 2 is 2.09 bits per heavy atom. The minimum absolute atomic E-state index is 0.271. The first-order chi connectivity index (χ1) is 11.0. The number of nitrogens with two attached hydrogens (primary N) is 1. The molecule has 1 aliphatic heterocycles. The van der Waals surface area contributed by atoms with Gasteiger partial charge in [0.25, 0.3) is 0 Å². The van der Waals surface area contributed by atoms with Crippen LogP contribution < -0.4 is 5.73 Å². The standard InChI is InChI=1S/C19H25ClN2S/c1-13-3-4-14(2)17(5-13)10-22-9-15(7-18(21)11-22)6-16-8-19(20)23-12-16/h3-5,8,12,15,18H,6-7,9-11,21H2,1-2H3. The summed E-state index contributed by atoms with van der Waals surface area (Å²) in [5.74, 6) is 0.620. The average Bonchev–Trinajstić information content (AvgIpc) is 2.87. The molecule has 2 atom stereocenters. The smallest absolute Gasteiger partial charge is 0.0931 e. The molecule has 0 spiro atoms. The van der Waals surface area contributed by atoms with Crippen LogP contribution in [0.1, 0.15) is 28.7 Å². The summed E-state index contributed by atoms with van der Waals surface area (Å²) in [5, 5.41) is 2.18. The predicted octanol–water partition coefficient (Wildman–Crippen LogP) is 4.41. The molecule has 1 aromatic heterocycles. The highest BCUT2D eigenvalue weighted by molar-refractivity contribution is 7.14. The highest BCUT2D eigenvalue weighted by atomic mass is 35.5. The molecule has 0 bridgehead atoms. The van der Waals surface area contributed by atoms with Crippen LogP contribution in [0.15, 0.2) is 29.6 Å². The summed E-state index contributed by atoms with van der Waals surface area (Å²) in [7, 11) is 0. The average molecular weight is 349 g/mol. The van der Waals surface area contributed by atoms with Gasteiger partial charge in [-0.05, 0) is 60.7 Å². The van der Waals surface area contributed by atoms with E-state index >= 15 is 0 Å². The Morgan fingerprint density at radius 3 is 2.83 bits per heavy atom. The van der Waals surface area contributed by atoms with Crippen molar-refractivity contribution in [1.29, 1.82) is 0 Å². The van der Waals surface area contributed by atoms with Crippen molar-refractivity contribution in [1.82, 2.24) is 4.90 Å². The molecule has 23 heavy (non-hydrogen) atoms. The molecule has 2 heterocycles. The fraction of sp³-hybridized carbons (Fsp3) is 0.474. The van der Waals surface area contributed by atoms with E-state index < -0.39 is 0 Å². The van der Waals surface area contributed by atoms with Crippen molar-refractivity contribution in [3.8, 4) is 0 Å². The Hall–Kier alpha value is -0.870. The minimum atomic E-state index is 0.271. The Morgan fingerprint density at radius 1 is 1.26 bits per heavy atom. The molecule has 0 radical (unpaired) electrons. The van der Waals surface area contributed by atoms with Crippen LogP contribution in [0.25, 0.3) is 0 Å². The third kappa shape index (κ3) is 4.57. The summed E-state index contributed by atoms with van der Waals surface area (Å²) in [6, 6.07) is 9.08. The maximum atomic E-state index is 6.33. The molecule has 2 aromatic rings. The van der Waals surface area contributed by atoms with Crippen molar-refractivity contribution >= 4 is 22.9 Å². The van der Waals surface area contributed by atoms with Gasteiger partial charge in [0.05, 0.1) is 4.34 Å². The van der Waals surface area contributed by atoms with Crippen LogP contribution >= 0.6 is 22.9 Å². The predicted molar refractivity (Wildman–Crippen MR) is 100 cm³/mol. The molecule has 2 nitrogen and oxygen atoms in total. The number of likely N-dealkylation sites (tertiary alicyclic amines) is 1. The first kappa shape index (κ1) is 17.0. The van der Waals surface area contributed by atoms with Gasteiger partial charge in [-0.2, -0.15) is 0 Å². The Kier molecular flexibility index (Phi) is 5.42. The second-order valence-electron chi connectivity index (χ2n) is 6.95. The molecular weight excluding hydrogens is 324 g/mol. The number of piperidine rings is 1. The van der Waals surface area contributed by atoms with Crippen LogP contribution in [0.5, 0.6) is 0 Å². The zero-order chi connectivity index (χ0) is 16.4. The lowest BCUT2D eigenvalue weighted by molar-refractivity contribution is 0.149. The van der Waals surface area contributed by atoms with E-state index in [4.69, 9.17) is 17.3 Å². The fourth-order valence-electron chi connectivity index (χ4n) is 3.62. The van der Waals surface area contributed by atoms with Crippen LogP contribution in [-0.4, -0.2) is 24.0 Å². The van der Waals surface area contributed by atoms with E-state index in [0.29, 0.717) is 5.92 Å². The molecule has 0 amide bonds. The molecule has 0 saturated carbocycles. The second-order valence-corrected chi connectivity index (χ2v) is 8.49. The Balaban J connectivity index is 1.66. The number of hydrogen-bond acceptors (Lipinski definition) is 3. The first-order valence-corrected chi connectivity index (χ1v) is 9.52. The molecule has 2 unspecified atom stereocenters. The van der Waals surface area contributed by atoms with Gasteiger partial charge in [0, 0.05) is 25.7 Å². The number of rotatable bonds is 4. The highest BCUT2D eigenvalue weighted by Crippen LogP contribution is 2.26. The summed E-state index contributed by atoms with van der Waals surface area (Å²) in [4.78, 5) is 2.52. The van der Waals surface area contributed by atoms with Crippen LogP contribution in [0.2, 0.25) is 4.34 Å². The summed E-state index contributed by atoms with van der Waals surface area (Å²) in [6.45, 7) is 7.47. The molecule has 1 aromatic carbocycles. The van der Waals surface area contributed by atoms with Crippen molar-refractivity contribution in [3.63, 3.8) is 0 Å². The number of aryl methyl sites for hydroxylation is 2. The summed E-state index contributed by atoms with van der Waals surface area (Å²) >= 11 is 7.68. The molecule has 124 valence electrons. The van der Waals surface area contributed by atoms with E-state index in [1.54, 1.807) is 11.3 Å². The summed E-state index contributed by atoms with van der Waals surface area (Å²) in [5.41, 5.74) is 11.8. The van der Waals surface area contributed by atoms with Gasteiger partial charge in [-0.25, -0.2) is 0 Å². The molecule has 0 aliphatic carbocycles. The highest BCUT2D eigenvalue weighted by Gasteiger charge is 2.25. The van der Waals surface area contributed by atoms with Gasteiger partial charge in [-0.1, -0.05) is 35.4 Å². The third-order valence-corrected chi connectivity index (χ3v) is 5.83. The Bertz CT molecular complexity index is 667. The number of thiophene rings is 1. The molecule has 1 fully saturated rings. The van der Waals surface area contributed by atoms with Gasteiger partial charge >= 0.3 is 0 Å². The van der Waals surface area contributed by atoms with E-state index in [0.717, 1.165) is 36.8 Å². The van der Waals surface area contributed by atoms with E-state index in [2.05, 4.69) is 48.4 Å². The van der Waals surface area contributed by atoms with Crippen LogP contribution in [0, 0.1) is 19.8 Å². The molecular formula is C19H25ClN2S. The van der Waals surface area contributed by atoms with E-state index in [1.165, 1.54) is 22.3 Å². The lowest BCUT2D eigenvalue weighted by Crippen LogP contribution is -2.47. The molecule has 3 rings (SSSR count). The second kappa shape index (κ2) is 7.35. The van der Waals surface area contributed by atoms with Crippen LogP contribution in [-0.2, 0) is 13.0 Å². The minimum Gasteiger partial charge on any atom is -0.327 e. The van der Waals surface area contributed by atoms with Crippen molar-refractivity contribution in [2.24, 2.45) is 11.7 Å². The number of hydrogen-bond donors (Lipinski definition) is 1. The van der Waals surface area contributed by atoms with Gasteiger partial charge in [0.1, 0.15) is 0 Å². The molecule has 4 heteroatoms. The van der Waals surface area contributed by atoms with E-state index in [9.17, 15) is 0 Å². The number of benzene rings is 1. The first-order valence-electron chi connectivity index (χ1n) is 8.26. The van der Waals surface area contributed by atoms with Crippen molar-refractivity contribution in [2.75, 3.05) is 13.1 Å². The monoisotopic (exact) mass is 348 g/mol. The van der Waals surface area contributed by atoms with Gasteiger partial charge in [-0.3, -0.25) is 4.90 Å². The van der Waals surface area contributed by atoms with Gasteiger partial charge in [0.15, 0.2) is 0 Å². The zero-order valence-corrected chi connectivity index (χ0v) is 15.5. The van der Waals surface area contributed by atoms with Gasteiger partial charge in [-0.15, -0.1) is 11.3 Å². The normalized spacial score (nSPS) is 22.4. The van der Waals surface area contributed by atoms with Crippen LogP contribution in [0.4, 0.5) is 0 Å². The van der Waals surface area contributed by atoms with Gasteiger partial charge < -0.3 is 5.73 Å². The maximum Gasteiger partial charge on any atom is 0.0931 e. The van der Waals surface area contributed by atoms with Crippen molar-refractivity contribution in [3.05, 3.63) is 56.2 Å². The lowest BCUT2D eigenvalue weighted by Gasteiger charge is -2.36. The van der Waals surface area contributed by atoms with Gasteiger partial charge in [0.2, 0.25) is 0 Å². The molecule has 1 saturated heterocycles. The summed E-state index contributed by atoms with van der Waals surface area (Å²) in [6.07, 6.45) is 2.19. The van der Waals surface area contributed by atoms with Crippen LogP contribution in [0.3, 0.4) is 0 Å². The van der Waals surface area contributed by atoms with Crippen molar-refractivity contribution < 1.29 is 0 Å². The van der Waals surface area contributed by atoms with E-state index in [1.807, 2.05) is 0 Å². The number of nitrogens with zero attached hydrogens (tertiary/aromatic N) is 1. The quantitative estimate of drug-likeness (QED) is 0.886.